The number of nitrogens with zero attached hydrogens (tertiary/aromatic N) is 3. The lowest BCUT2D eigenvalue weighted by Gasteiger charge is -2.45. The maximum Gasteiger partial charge on any atom is 0.271 e. The molecule has 1 N–H and O–H groups in total. The smallest absolute Gasteiger partial charge is 0.271 e. The Kier molecular flexibility index (Phi) is 4.67. The molecule has 1 aromatic heterocycles. The van der Waals surface area contributed by atoms with Crippen LogP contribution in [-0.2, 0) is 14.8 Å². The number of likely N-dealkylation sites (tertiary alicyclic amines) is 1. The molecule has 134 valence electrons. The van der Waals surface area contributed by atoms with Crippen LogP contribution in [0.5, 0.6) is 0 Å². The van der Waals surface area contributed by atoms with Crippen molar-refractivity contribution < 1.29 is 17.9 Å². The zero-order valence-corrected chi connectivity index (χ0v) is 14.9. The largest absolute Gasteiger partial charge is 0.383 e. The molecular formula is C15H24N4O4S. The van der Waals surface area contributed by atoms with Crippen LogP contribution in [0.3, 0.4) is 0 Å². The third kappa shape index (κ3) is 3.07. The maximum absolute atomic E-state index is 12.4. The van der Waals surface area contributed by atoms with Gasteiger partial charge in [-0.25, -0.2) is 8.42 Å². The molecule has 8 nitrogen and oxygen atoms in total. The van der Waals surface area contributed by atoms with E-state index in [1.54, 1.807) is 28.6 Å². The van der Waals surface area contributed by atoms with Gasteiger partial charge in [0, 0.05) is 38.0 Å². The number of carbonyl (C=O) groups excluding carboxylic acids is 1. The van der Waals surface area contributed by atoms with Crippen LogP contribution in [0.15, 0.2) is 12.3 Å². The van der Waals surface area contributed by atoms with Gasteiger partial charge in [0.1, 0.15) is 5.69 Å². The highest BCUT2D eigenvalue weighted by Crippen LogP contribution is 2.43. The minimum absolute atomic E-state index is 0.0836. The van der Waals surface area contributed by atoms with Gasteiger partial charge in [-0.3, -0.25) is 9.89 Å². The normalized spacial score (nSPS) is 24.6. The van der Waals surface area contributed by atoms with Gasteiger partial charge in [-0.1, -0.05) is 0 Å². The van der Waals surface area contributed by atoms with E-state index in [9.17, 15) is 13.2 Å². The molecule has 2 saturated heterocycles. The van der Waals surface area contributed by atoms with Crippen molar-refractivity contribution in [1.29, 1.82) is 0 Å². The van der Waals surface area contributed by atoms with E-state index < -0.39 is 10.0 Å². The van der Waals surface area contributed by atoms with E-state index in [2.05, 4.69) is 10.2 Å². The second-order valence-electron chi connectivity index (χ2n) is 6.69. The third-order valence-electron chi connectivity index (χ3n) is 5.17. The van der Waals surface area contributed by atoms with Crippen molar-refractivity contribution in [3.8, 4) is 0 Å². The number of hydrogen-bond acceptors (Lipinski definition) is 5. The molecule has 2 aliphatic rings. The number of amides is 1. The second-order valence-corrected chi connectivity index (χ2v) is 8.55. The maximum atomic E-state index is 12.4. The lowest BCUT2D eigenvalue weighted by atomic mass is 9.86. The van der Waals surface area contributed by atoms with Gasteiger partial charge >= 0.3 is 0 Å². The number of piperidine rings is 1. The molecule has 1 unspecified atom stereocenters. The van der Waals surface area contributed by atoms with Gasteiger partial charge in [0.05, 0.1) is 12.9 Å². The summed E-state index contributed by atoms with van der Waals surface area (Å²) < 4.78 is 31.6. The van der Waals surface area contributed by atoms with Gasteiger partial charge in [0.2, 0.25) is 10.0 Å². The summed E-state index contributed by atoms with van der Waals surface area (Å²) in [6, 6.07) is 1.54. The molecule has 0 radical (unpaired) electrons. The molecule has 3 rings (SSSR count). The van der Waals surface area contributed by atoms with Crippen molar-refractivity contribution in [2.45, 2.75) is 37.3 Å². The van der Waals surface area contributed by atoms with Crippen LogP contribution < -0.4 is 0 Å². The molecule has 0 aliphatic carbocycles. The second kappa shape index (κ2) is 6.45. The van der Waals surface area contributed by atoms with Crippen molar-refractivity contribution in [2.75, 3.05) is 33.1 Å². The zero-order valence-electron chi connectivity index (χ0n) is 14.1. The van der Waals surface area contributed by atoms with Crippen LogP contribution >= 0.6 is 0 Å². The molecule has 1 aromatic rings. The van der Waals surface area contributed by atoms with Crippen LogP contribution in [0, 0.1) is 0 Å². The Balaban J connectivity index is 1.75. The Morgan fingerprint density at radius 2 is 2.12 bits per heavy atom. The van der Waals surface area contributed by atoms with E-state index in [0.29, 0.717) is 38.2 Å². The van der Waals surface area contributed by atoms with Crippen molar-refractivity contribution in [3.63, 3.8) is 0 Å². The van der Waals surface area contributed by atoms with E-state index in [4.69, 9.17) is 4.74 Å². The van der Waals surface area contributed by atoms with Crippen LogP contribution in [0.4, 0.5) is 0 Å². The van der Waals surface area contributed by atoms with E-state index >= 15 is 0 Å². The lowest BCUT2D eigenvalue weighted by Crippen LogP contribution is -2.57. The predicted octanol–water partition coefficient (Wildman–Crippen LogP) is 0.455. The minimum atomic E-state index is -3.33. The highest BCUT2D eigenvalue weighted by molar-refractivity contribution is 7.88. The van der Waals surface area contributed by atoms with Gasteiger partial charge < -0.3 is 9.64 Å². The van der Waals surface area contributed by atoms with Gasteiger partial charge in [-0.2, -0.15) is 9.40 Å². The number of nitrogens with one attached hydrogen (secondary N) is 1. The standard InChI is InChI=1S/C15H24N4O4S/c1-23-11-12-3-5-15(19(12)24(2,21)22)6-9-18(10-7-15)14(20)13-4-8-16-17-13/h4,8,12H,3,5-7,9-11H2,1-2H3,(H,16,17). The number of rotatable bonds is 4. The van der Waals surface area contributed by atoms with E-state index in [1.165, 1.54) is 6.26 Å². The van der Waals surface area contributed by atoms with Crippen LogP contribution in [-0.4, -0.2) is 78.4 Å². The molecule has 0 aromatic carbocycles. The van der Waals surface area contributed by atoms with Crippen molar-refractivity contribution in [1.82, 2.24) is 19.4 Å². The number of aromatic amines is 1. The van der Waals surface area contributed by atoms with Crippen LogP contribution in [0.25, 0.3) is 0 Å². The highest BCUT2D eigenvalue weighted by Gasteiger charge is 2.52. The Hall–Kier alpha value is -1.45. The summed E-state index contributed by atoms with van der Waals surface area (Å²) in [5, 5.41) is 6.50. The predicted molar refractivity (Wildman–Crippen MR) is 88.0 cm³/mol. The fraction of sp³-hybridized carbons (Fsp3) is 0.733. The molecule has 0 bridgehead atoms. The number of sulfonamides is 1. The van der Waals surface area contributed by atoms with E-state index in [0.717, 1.165) is 12.8 Å². The summed E-state index contributed by atoms with van der Waals surface area (Å²) in [5.41, 5.74) is 0.0799. The van der Waals surface area contributed by atoms with Crippen molar-refractivity contribution in [2.24, 2.45) is 0 Å². The molecule has 1 amide bonds. The molecule has 9 heteroatoms. The van der Waals surface area contributed by atoms with Gasteiger partial charge in [0.15, 0.2) is 0 Å². The van der Waals surface area contributed by atoms with Crippen molar-refractivity contribution >= 4 is 15.9 Å². The first-order chi connectivity index (χ1) is 11.4. The Bertz CT molecular complexity index is 680. The lowest BCUT2D eigenvalue weighted by molar-refractivity contribution is 0.0500. The first kappa shape index (κ1) is 17.4. The molecule has 3 heterocycles. The topological polar surface area (TPSA) is 95.6 Å². The Morgan fingerprint density at radius 1 is 1.42 bits per heavy atom. The molecule has 24 heavy (non-hydrogen) atoms. The third-order valence-corrected chi connectivity index (χ3v) is 6.57. The zero-order chi connectivity index (χ0) is 17.4. The Morgan fingerprint density at radius 3 is 2.67 bits per heavy atom. The average molecular weight is 356 g/mol. The number of carbonyl (C=O) groups is 1. The SMILES string of the molecule is COCC1CCC2(CCN(C(=O)c3ccn[nH]3)CC2)N1S(C)(=O)=O. The van der Waals surface area contributed by atoms with Gasteiger partial charge in [-0.15, -0.1) is 0 Å². The molecule has 1 spiro atoms. The molecule has 2 aliphatic heterocycles. The quantitative estimate of drug-likeness (QED) is 0.845. The average Bonchev–Trinajstić information content (AvgIpc) is 3.16. The minimum Gasteiger partial charge on any atom is -0.383 e. The number of H-pyrrole nitrogens is 1. The van der Waals surface area contributed by atoms with Gasteiger partial charge in [0.25, 0.3) is 5.91 Å². The summed E-state index contributed by atoms with van der Waals surface area (Å²) in [4.78, 5) is 14.2. The summed E-state index contributed by atoms with van der Waals surface area (Å²) in [5.74, 6) is -0.0836. The summed E-state index contributed by atoms with van der Waals surface area (Å²) in [6.07, 6.45) is 5.75. The first-order valence-electron chi connectivity index (χ1n) is 8.14. The fourth-order valence-corrected chi connectivity index (χ4v) is 5.84. The molecular weight excluding hydrogens is 332 g/mol. The molecule has 0 saturated carbocycles. The first-order valence-corrected chi connectivity index (χ1v) is 9.99. The number of ether oxygens (including phenoxy) is 1. The fourth-order valence-electron chi connectivity index (χ4n) is 4.16. The number of aromatic nitrogens is 2. The Labute approximate surface area is 142 Å². The van der Waals surface area contributed by atoms with Crippen molar-refractivity contribution in [3.05, 3.63) is 18.0 Å². The molecule has 2 fully saturated rings. The monoisotopic (exact) mass is 356 g/mol. The van der Waals surface area contributed by atoms with E-state index in [-0.39, 0.29) is 17.5 Å². The van der Waals surface area contributed by atoms with Crippen LogP contribution in [0.1, 0.15) is 36.2 Å². The number of methoxy groups -OCH3 is 1. The van der Waals surface area contributed by atoms with E-state index in [1.807, 2.05) is 0 Å². The van der Waals surface area contributed by atoms with Crippen LogP contribution in [0.2, 0.25) is 0 Å². The summed E-state index contributed by atoms with van der Waals surface area (Å²) >= 11 is 0. The molecule has 1 atom stereocenters. The summed E-state index contributed by atoms with van der Waals surface area (Å²) in [7, 11) is -1.73. The highest BCUT2D eigenvalue weighted by atomic mass is 32.2. The summed E-state index contributed by atoms with van der Waals surface area (Å²) in [6.45, 7) is 1.50. The van der Waals surface area contributed by atoms with Gasteiger partial charge in [-0.05, 0) is 31.7 Å². The number of hydrogen-bond donors (Lipinski definition) is 1.